The van der Waals surface area contributed by atoms with E-state index in [4.69, 9.17) is 14.4 Å². The van der Waals surface area contributed by atoms with Crippen LogP contribution >= 0.6 is 0 Å². The van der Waals surface area contributed by atoms with Gasteiger partial charge in [-0.05, 0) is 41.3 Å². The molecular weight excluding hydrogens is 562 g/mol. The zero-order valence-electron chi connectivity index (χ0n) is 24.7. The molecule has 46 heavy (non-hydrogen) atoms. The Balaban J connectivity index is 1.39. The van der Waals surface area contributed by atoms with Gasteiger partial charge in [-0.1, -0.05) is 121 Å². The first-order chi connectivity index (χ1) is 22.8. The van der Waals surface area contributed by atoms with E-state index in [2.05, 4.69) is 114 Å². The molecule has 3 aromatic heterocycles. The second-order valence-corrected chi connectivity index (χ2v) is 11.8. The van der Waals surface area contributed by atoms with Crippen molar-refractivity contribution >= 4 is 65.6 Å². The zero-order valence-corrected chi connectivity index (χ0v) is 24.7. The normalized spacial score (nSPS) is 11.9. The average molecular weight is 588 g/mol. The van der Waals surface area contributed by atoms with Crippen molar-refractivity contribution in [3.05, 3.63) is 152 Å². The van der Waals surface area contributed by atoms with Gasteiger partial charge in [0.25, 0.3) is 0 Å². The van der Waals surface area contributed by atoms with E-state index in [1.807, 2.05) is 42.5 Å². The summed E-state index contributed by atoms with van der Waals surface area (Å²) in [4.78, 5) is 10.7. The van der Waals surface area contributed by atoms with Gasteiger partial charge in [-0.25, -0.2) is 9.97 Å². The summed E-state index contributed by atoms with van der Waals surface area (Å²) < 4.78 is 8.71. The first-order valence-electron chi connectivity index (χ1n) is 15.5. The van der Waals surface area contributed by atoms with Gasteiger partial charge in [-0.3, -0.25) is 4.57 Å². The van der Waals surface area contributed by atoms with Crippen LogP contribution in [0.5, 0.6) is 0 Å². The van der Waals surface area contributed by atoms with E-state index in [9.17, 15) is 0 Å². The maximum atomic E-state index is 6.35. The smallest absolute Gasteiger partial charge is 0.165 e. The molecule has 0 amide bonds. The monoisotopic (exact) mass is 587 g/mol. The minimum absolute atomic E-state index is 0.804. The molecule has 3 heterocycles. The van der Waals surface area contributed by atoms with Crippen LogP contribution in [0.1, 0.15) is 0 Å². The molecule has 214 valence electrons. The van der Waals surface area contributed by atoms with Crippen LogP contribution in [0.4, 0.5) is 0 Å². The van der Waals surface area contributed by atoms with Crippen molar-refractivity contribution in [1.82, 2.24) is 14.5 Å². The summed E-state index contributed by atoms with van der Waals surface area (Å²) in [7, 11) is 0. The number of fused-ring (bicyclic) bond motifs is 9. The van der Waals surface area contributed by atoms with Crippen molar-refractivity contribution in [3.8, 4) is 28.2 Å². The molecule has 0 saturated carbocycles. The van der Waals surface area contributed by atoms with Crippen LogP contribution in [-0.4, -0.2) is 14.5 Å². The Morgan fingerprint density at radius 1 is 0.435 bits per heavy atom. The van der Waals surface area contributed by atoms with E-state index < -0.39 is 0 Å². The lowest BCUT2D eigenvalue weighted by atomic mass is 10.00. The molecule has 0 N–H and O–H groups in total. The lowest BCUT2D eigenvalue weighted by molar-refractivity contribution is 0.669. The number of furan rings is 1. The predicted molar refractivity (Wildman–Crippen MR) is 190 cm³/mol. The highest BCUT2D eigenvalue weighted by Crippen LogP contribution is 2.43. The predicted octanol–water partition coefficient (Wildman–Crippen LogP) is 11.1. The van der Waals surface area contributed by atoms with E-state index >= 15 is 0 Å². The van der Waals surface area contributed by atoms with Crippen molar-refractivity contribution in [1.29, 1.82) is 0 Å². The molecule has 0 aliphatic rings. The molecule has 4 nitrogen and oxygen atoms in total. The fourth-order valence-electron chi connectivity index (χ4n) is 7.10. The van der Waals surface area contributed by atoms with Crippen LogP contribution in [-0.2, 0) is 0 Å². The third kappa shape index (κ3) is 3.61. The lowest BCUT2D eigenvalue weighted by Crippen LogP contribution is -2.04. The molecule has 0 unspecified atom stereocenters. The van der Waals surface area contributed by atoms with Crippen molar-refractivity contribution in [2.75, 3.05) is 0 Å². The largest absolute Gasteiger partial charge is 0.456 e. The Bertz CT molecular complexity index is 2810. The van der Waals surface area contributed by atoms with Crippen LogP contribution in [0.25, 0.3) is 93.8 Å². The summed E-state index contributed by atoms with van der Waals surface area (Å²) in [5.41, 5.74) is 9.75. The van der Waals surface area contributed by atoms with E-state index in [0.29, 0.717) is 0 Å². The average Bonchev–Trinajstić information content (AvgIpc) is 3.67. The molecule has 10 rings (SSSR count). The molecule has 10 aromatic rings. The van der Waals surface area contributed by atoms with Gasteiger partial charge in [0.05, 0.1) is 22.1 Å². The molecule has 7 aromatic carbocycles. The second-order valence-electron chi connectivity index (χ2n) is 11.8. The van der Waals surface area contributed by atoms with Gasteiger partial charge in [0.2, 0.25) is 0 Å². The summed E-state index contributed by atoms with van der Waals surface area (Å²) in [6.07, 6.45) is 0. The number of nitrogens with zero attached hydrogens (tertiary/aromatic N) is 3. The Hall–Kier alpha value is -6.26. The minimum Gasteiger partial charge on any atom is -0.456 e. The van der Waals surface area contributed by atoms with Crippen LogP contribution in [0.3, 0.4) is 0 Å². The van der Waals surface area contributed by atoms with Crippen molar-refractivity contribution in [2.45, 2.75) is 0 Å². The highest BCUT2D eigenvalue weighted by Gasteiger charge is 2.23. The highest BCUT2D eigenvalue weighted by molar-refractivity contribution is 6.21. The molecule has 0 fully saturated rings. The molecule has 4 heteroatoms. The molecule has 0 spiro atoms. The van der Waals surface area contributed by atoms with Crippen LogP contribution < -0.4 is 0 Å². The molecule has 0 aliphatic carbocycles. The van der Waals surface area contributed by atoms with Gasteiger partial charge in [0.1, 0.15) is 16.9 Å². The fraction of sp³-hybridized carbons (Fsp3) is 0. The summed E-state index contributed by atoms with van der Waals surface area (Å²) >= 11 is 0. The zero-order chi connectivity index (χ0) is 30.2. The third-order valence-corrected chi connectivity index (χ3v) is 9.17. The number of benzene rings is 7. The molecule has 0 saturated heterocycles. The number of hydrogen-bond acceptors (Lipinski definition) is 3. The summed E-state index contributed by atoms with van der Waals surface area (Å²) in [6, 6.07) is 53.0. The third-order valence-electron chi connectivity index (χ3n) is 9.17. The minimum atomic E-state index is 0.804. The summed E-state index contributed by atoms with van der Waals surface area (Å²) in [5.74, 6) is 0.804. The van der Waals surface area contributed by atoms with Crippen LogP contribution in [0.15, 0.2) is 156 Å². The van der Waals surface area contributed by atoms with E-state index in [1.165, 1.54) is 16.2 Å². The quantitative estimate of drug-likeness (QED) is 0.207. The van der Waals surface area contributed by atoms with Gasteiger partial charge in [-0.2, -0.15) is 0 Å². The topological polar surface area (TPSA) is 43.9 Å². The maximum Gasteiger partial charge on any atom is 0.165 e. The van der Waals surface area contributed by atoms with Gasteiger partial charge >= 0.3 is 0 Å². The first kappa shape index (κ1) is 25.1. The SMILES string of the molecule is c1ccc(-c2nc3ccccc3nc2-n2c3c(-c4ccc5c(c4)oc4ccccc45)cccc3c3ccc4ccccc4c32)cc1. The van der Waals surface area contributed by atoms with Gasteiger partial charge in [0, 0.05) is 38.1 Å². The highest BCUT2D eigenvalue weighted by atomic mass is 16.3. The first-order valence-corrected chi connectivity index (χ1v) is 15.5. The van der Waals surface area contributed by atoms with Gasteiger partial charge < -0.3 is 4.42 Å². The Kier molecular flexibility index (Phi) is 5.25. The lowest BCUT2D eigenvalue weighted by Gasteiger charge is -2.16. The summed E-state index contributed by atoms with van der Waals surface area (Å²) in [6.45, 7) is 0. The second kappa shape index (κ2) is 9.62. The fourth-order valence-corrected chi connectivity index (χ4v) is 7.10. The number of para-hydroxylation sites is 4. The number of hydrogen-bond donors (Lipinski definition) is 0. The molecule has 0 aliphatic heterocycles. The standard InChI is InChI=1S/C42H25N3O/c1-2-12-27(13-3-1)39-42(44-36-19-8-7-18-35(36)43-39)45-40-29-14-5-4-11-26(29)21-24-34(40)33-17-10-16-30(41(33)45)28-22-23-32-31-15-6-9-20-37(31)46-38(32)25-28/h1-25H. The van der Waals surface area contributed by atoms with E-state index in [-0.39, 0.29) is 0 Å². The van der Waals surface area contributed by atoms with Crippen LogP contribution in [0.2, 0.25) is 0 Å². The Morgan fingerprint density at radius 2 is 1.11 bits per heavy atom. The number of aromatic nitrogens is 3. The van der Waals surface area contributed by atoms with Crippen LogP contribution in [0, 0.1) is 0 Å². The van der Waals surface area contributed by atoms with Crippen molar-refractivity contribution in [3.63, 3.8) is 0 Å². The Labute approximate surface area is 263 Å². The van der Waals surface area contributed by atoms with Gasteiger partial charge in [0.15, 0.2) is 5.82 Å². The Morgan fingerprint density at radius 3 is 2.00 bits per heavy atom. The molecular formula is C42H25N3O. The van der Waals surface area contributed by atoms with Gasteiger partial charge in [-0.15, -0.1) is 0 Å². The molecule has 0 bridgehead atoms. The molecule has 0 atom stereocenters. The van der Waals surface area contributed by atoms with E-state index in [1.54, 1.807) is 0 Å². The van der Waals surface area contributed by atoms with Crippen molar-refractivity contribution in [2.24, 2.45) is 0 Å². The van der Waals surface area contributed by atoms with E-state index in [0.717, 1.165) is 77.6 Å². The maximum absolute atomic E-state index is 6.35. The number of rotatable bonds is 3. The molecule has 0 radical (unpaired) electrons. The van der Waals surface area contributed by atoms with Crippen molar-refractivity contribution < 1.29 is 4.42 Å². The summed E-state index contributed by atoms with van der Waals surface area (Å²) in [5, 5.41) is 6.93.